The third-order valence-electron chi connectivity index (χ3n) is 3.33. The molecule has 1 aliphatic heterocycles. The predicted molar refractivity (Wildman–Crippen MR) is 81.8 cm³/mol. The number of ketones is 1. The van der Waals surface area contributed by atoms with Gasteiger partial charge < -0.3 is 9.47 Å². The first-order chi connectivity index (χ1) is 9.46. The molecular weight excluding hydrogens is 320 g/mol. The Balaban J connectivity index is 1.71. The fourth-order valence-corrected chi connectivity index (χ4v) is 2.37. The van der Waals surface area contributed by atoms with E-state index in [1.807, 2.05) is 24.3 Å². The van der Waals surface area contributed by atoms with Crippen LogP contribution >= 0.6 is 15.9 Å². The summed E-state index contributed by atoms with van der Waals surface area (Å²) in [6.45, 7) is 5.69. The Morgan fingerprint density at radius 2 is 1.85 bits per heavy atom. The van der Waals surface area contributed by atoms with E-state index in [0.717, 1.165) is 36.1 Å². The van der Waals surface area contributed by atoms with Gasteiger partial charge in [-0.15, -0.1) is 0 Å². The van der Waals surface area contributed by atoms with Crippen molar-refractivity contribution >= 4 is 21.7 Å². The topological polar surface area (TPSA) is 35.5 Å². The van der Waals surface area contributed by atoms with E-state index in [0.29, 0.717) is 6.42 Å². The minimum atomic E-state index is -0.152. The maximum atomic E-state index is 12.0. The molecule has 1 fully saturated rings. The molecule has 0 aromatic heterocycles. The number of carbonyl (C=O) groups excluding carboxylic acids is 1. The zero-order valence-electron chi connectivity index (χ0n) is 12.0. The summed E-state index contributed by atoms with van der Waals surface area (Å²) in [6.07, 6.45) is 1.95. The molecule has 0 N–H and O–H groups in total. The molecule has 110 valence electrons. The van der Waals surface area contributed by atoms with Gasteiger partial charge in [0.1, 0.15) is 0 Å². The van der Waals surface area contributed by atoms with Crippen molar-refractivity contribution in [3.8, 4) is 0 Å². The summed E-state index contributed by atoms with van der Waals surface area (Å²) in [5, 5.41) is 0. The van der Waals surface area contributed by atoms with Gasteiger partial charge in [0, 0.05) is 21.9 Å². The van der Waals surface area contributed by atoms with E-state index in [1.165, 1.54) is 0 Å². The van der Waals surface area contributed by atoms with Crippen LogP contribution in [0.1, 0.15) is 43.5 Å². The van der Waals surface area contributed by atoms with E-state index in [2.05, 4.69) is 29.8 Å². The summed E-state index contributed by atoms with van der Waals surface area (Å²) < 4.78 is 12.3. The Hall–Kier alpha value is -0.710. The normalized spacial score (nSPS) is 18.9. The minimum Gasteiger partial charge on any atom is -0.352 e. The Bertz CT molecular complexity index is 443. The average Bonchev–Trinajstić information content (AvgIpc) is 2.41. The van der Waals surface area contributed by atoms with Crippen LogP contribution in [0, 0.1) is 5.41 Å². The van der Waals surface area contributed by atoms with Crippen LogP contribution in [0.4, 0.5) is 0 Å². The van der Waals surface area contributed by atoms with Crippen molar-refractivity contribution in [3.05, 3.63) is 34.3 Å². The molecule has 1 saturated heterocycles. The number of rotatable bonds is 5. The van der Waals surface area contributed by atoms with Crippen LogP contribution in [0.2, 0.25) is 0 Å². The lowest BCUT2D eigenvalue weighted by Gasteiger charge is -2.34. The molecule has 0 saturated carbocycles. The smallest absolute Gasteiger partial charge is 0.162 e. The summed E-state index contributed by atoms with van der Waals surface area (Å²) in [4.78, 5) is 12.0. The predicted octanol–water partition coefficient (Wildman–Crippen LogP) is 4.20. The second-order valence-corrected chi connectivity index (χ2v) is 6.95. The van der Waals surface area contributed by atoms with Gasteiger partial charge in [0.25, 0.3) is 0 Å². The van der Waals surface area contributed by atoms with Gasteiger partial charge in [-0.05, 0) is 25.0 Å². The van der Waals surface area contributed by atoms with Crippen molar-refractivity contribution in [2.24, 2.45) is 5.41 Å². The van der Waals surface area contributed by atoms with Crippen LogP contribution in [0.25, 0.3) is 0 Å². The molecule has 3 nitrogen and oxygen atoms in total. The summed E-state index contributed by atoms with van der Waals surface area (Å²) >= 11 is 3.36. The average molecular weight is 341 g/mol. The molecule has 0 amide bonds. The van der Waals surface area contributed by atoms with Gasteiger partial charge in [-0.2, -0.15) is 0 Å². The summed E-state index contributed by atoms with van der Waals surface area (Å²) in [7, 11) is 0. The summed E-state index contributed by atoms with van der Waals surface area (Å²) in [5.41, 5.74) is 0.865. The molecule has 0 radical (unpaired) electrons. The number of hydrogen-bond donors (Lipinski definition) is 0. The highest BCUT2D eigenvalue weighted by atomic mass is 79.9. The second-order valence-electron chi connectivity index (χ2n) is 6.04. The summed E-state index contributed by atoms with van der Waals surface area (Å²) in [6, 6.07) is 7.48. The molecule has 4 heteroatoms. The highest BCUT2D eigenvalue weighted by Gasteiger charge is 2.27. The van der Waals surface area contributed by atoms with Gasteiger partial charge in [-0.25, -0.2) is 0 Å². The maximum Gasteiger partial charge on any atom is 0.162 e. The zero-order chi connectivity index (χ0) is 14.6. The standard InChI is InChI=1S/C16H21BrO3/c1-16(2)10-19-15(20-11-16)5-3-4-14(18)12-6-8-13(17)9-7-12/h6-9,15H,3-5,10-11H2,1-2H3. The minimum absolute atomic E-state index is 0.101. The number of ether oxygens (including phenoxy) is 2. The first-order valence-corrected chi connectivity index (χ1v) is 7.78. The lowest BCUT2D eigenvalue weighted by atomic mass is 9.95. The Labute approximate surface area is 128 Å². The third kappa shape index (κ3) is 4.69. The Morgan fingerprint density at radius 1 is 1.25 bits per heavy atom. The van der Waals surface area contributed by atoms with Gasteiger partial charge in [-0.1, -0.05) is 41.9 Å². The van der Waals surface area contributed by atoms with Gasteiger partial charge in [0.05, 0.1) is 13.2 Å². The van der Waals surface area contributed by atoms with Crippen LogP contribution in [0.15, 0.2) is 28.7 Å². The molecule has 0 aliphatic carbocycles. The number of halogens is 1. The second kappa shape index (κ2) is 6.83. The molecule has 1 aromatic rings. The van der Waals surface area contributed by atoms with E-state index in [-0.39, 0.29) is 17.5 Å². The van der Waals surface area contributed by atoms with Gasteiger partial charge in [0.15, 0.2) is 12.1 Å². The zero-order valence-corrected chi connectivity index (χ0v) is 13.6. The molecule has 1 aromatic carbocycles. The molecule has 0 atom stereocenters. The van der Waals surface area contributed by atoms with Gasteiger partial charge in [-0.3, -0.25) is 4.79 Å². The number of benzene rings is 1. The van der Waals surface area contributed by atoms with Crippen LogP contribution in [-0.4, -0.2) is 25.3 Å². The lowest BCUT2D eigenvalue weighted by Crippen LogP contribution is -2.37. The maximum absolute atomic E-state index is 12.0. The van der Waals surface area contributed by atoms with Crippen LogP contribution in [0.5, 0.6) is 0 Å². The van der Waals surface area contributed by atoms with E-state index in [4.69, 9.17) is 9.47 Å². The molecular formula is C16H21BrO3. The quantitative estimate of drug-likeness (QED) is 0.753. The van der Waals surface area contributed by atoms with Gasteiger partial charge in [0.2, 0.25) is 0 Å². The molecule has 20 heavy (non-hydrogen) atoms. The fraction of sp³-hybridized carbons (Fsp3) is 0.562. The summed E-state index contributed by atoms with van der Waals surface area (Å²) in [5.74, 6) is 0.175. The van der Waals surface area contributed by atoms with Gasteiger partial charge >= 0.3 is 0 Å². The first-order valence-electron chi connectivity index (χ1n) is 6.98. The monoisotopic (exact) mass is 340 g/mol. The molecule has 1 aliphatic rings. The van der Waals surface area contributed by atoms with E-state index >= 15 is 0 Å². The largest absolute Gasteiger partial charge is 0.352 e. The van der Waals surface area contributed by atoms with Crippen molar-refractivity contribution in [1.29, 1.82) is 0 Å². The molecule has 0 unspecified atom stereocenters. The number of carbonyl (C=O) groups is 1. The first kappa shape index (κ1) is 15.7. The Morgan fingerprint density at radius 3 is 2.45 bits per heavy atom. The highest BCUT2D eigenvalue weighted by molar-refractivity contribution is 9.10. The fourth-order valence-electron chi connectivity index (χ4n) is 2.10. The van der Waals surface area contributed by atoms with Crippen LogP contribution in [-0.2, 0) is 9.47 Å². The van der Waals surface area contributed by atoms with E-state index < -0.39 is 0 Å². The number of Topliss-reactive ketones (excluding diaryl/α,β-unsaturated/α-hetero) is 1. The SMILES string of the molecule is CC1(C)COC(CCCC(=O)c2ccc(Br)cc2)OC1. The van der Waals surface area contributed by atoms with E-state index in [1.54, 1.807) is 0 Å². The highest BCUT2D eigenvalue weighted by Crippen LogP contribution is 2.25. The molecule has 1 heterocycles. The van der Waals surface area contributed by atoms with Crippen molar-refractivity contribution in [2.45, 2.75) is 39.4 Å². The van der Waals surface area contributed by atoms with Crippen molar-refractivity contribution in [1.82, 2.24) is 0 Å². The molecule has 2 rings (SSSR count). The van der Waals surface area contributed by atoms with Crippen molar-refractivity contribution < 1.29 is 14.3 Å². The lowest BCUT2D eigenvalue weighted by molar-refractivity contribution is -0.223. The van der Waals surface area contributed by atoms with Crippen LogP contribution in [0.3, 0.4) is 0 Å². The van der Waals surface area contributed by atoms with Crippen LogP contribution < -0.4 is 0 Å². The van der Waals surface area contributed by atoms with E-state index in [9.17, 15) is 4.79 Å². The molecule has 0 bridgehead atoms. The van der Waals surface area contributed by atoms with Crippen molar-refractivity contribution in [2.75, 3.05) is 13.2 Å². The van der Waals surface area contributed by atoms with Crippen molar-refractivity contribution in [3.63, 3.8) is 0 Å². The Kier molecular flexibility index (Phi) is 5.35. The molecule has 0 spiro atoms. The number of hydrogen-bond acceptors (Lipinski definition) is 3. The third-order valence-corrected chi connectivity index (χ3v) is 3.86.